The smallest absolute Gasteiger partial charge is 0.234 e. The quantitative estimate of drug-likeness (QED) is 0.810. The SMILES string of the molecule is NCCc1cn(C(=O)C2CCCC2)cn1. The van der Waals surface area contributed by atoms with Crippen LogP contribution < -0.4 is 5.73 Å². The van der Waals surface area contributed by atoms with Gasteiger partial charge in [-0.1, -0.05) is 12.8 Å². The molecule has 0 aliphatic heterocycles. The van der Waals surface area contributed by atoms with Crippen molar-refractivity contribution in [2.75, 3.05) is 6.54 Å². The summed E-state index contributed by atoms with van der Waals surface area (Å²) < 4.78 is 1.63. The molecule has 1 fully saturated rings. The van der Waals surface area contributed by atoms with Gasteiger partial charge in [0, 0.05) is 18.5 Å². The molecule has 0 atom stereocenters. The molecule has 15 heavy (non-hydrogen) atoms. The molecule has 1 heterocycles. The van der Waals surface area contributed by atoms with E-state index in [2.05, 4.69) is 4.98 Å². The van der Waals surface area contributed by atoms with Gasteiger partial charge in [0.05, 0.1) is 5.69 Å². The molecule has 1 aromatic rings. The monoisotopic (exact) mass is 207 g/mol. The van der Waals surface area contributed by atoms with Crippen molar-refractivity contribution in [3.63, 3.8) is 0 Å². The molecule has 82 valence electrons. The molecule has 1 aliphatic carbocycles. The molecule has 1 saturated carbocycles. The lowest BCUT2D eigenvalue weighted by Crippen LogP contribution is -2.17. The Kier molecular flexibility index (Phi) is 3.16. The van der Waals surface area contributed by atoms with Gasteiger partial charge in [0.2, 0.25) is 5.91 Å². The topological polar surface area (TPSA) is 60.9 Å². The molecule has 0 aromatic carbocycles. The van der Waals surface area contributed by atoms with Gasteiger partial charge in [-0.05, 0) is 19.4 Å². The van der Waals surface area contributed by atoms with Crippen molar-refractivity contribution in [3.05, 3.63) is 18.2 Å². The van der Waals surface area contributed by atoms with Crippen molar-refractivity contribution in [3.8, 4) is 0 Å². The average Bonchev–Trinajstić information content (AvgIpc) is 2.87. The number of hydrogen-bond acceptors (Lipinski definition) is 3. The van der Waals surface area contributed by atoms with Gasteiger partial charge in [0.25, 0.3) is 0 Å². The third-order valence-corrected chi connectivity index (χ3v) is 3.00. The lowest BCUT2D eigenvalue weighted by molar-refractivity contribution is 0.0837. The summed E-state index contributed by atoms with van der Waals surface area (Å²) in [4.78, 5) is 16.1. The van der Waals surface area contributed by atoms with E-state index in [4.69, 9.17) is 5.73 Å². The summed E-state index contributed by atoms with van der Waals surface area (Å²) in [6.07, 6.45) is 8.60. The van der Waals surface area contributed by atoms with Gasteiger partial charge in [0.1, 0.15) is 6.33 Å². The summed E-state index contributed by atoms with van der Waals surface area (Å²) >= 11 is 0. The highest BCUT2D eigenvalue weighted by Gasteiger charge is 2.23. The molecule has 4 heteroatoms. The van der Waals surface area contributed by atoms with E-state index in [-0.39, 0.29) is 11.8 Å². The van der Waals surface area contributed by atoms with Crippen LogP contribution in [0.5, 0.6) is 0 Å². The number of nitrogens with zero attached hydrogens (tertiary/aromatic N) is 2. The molecule has 2 rings (SSSR count). The van der Waals surface area contributed by atoms with Crippen molar-refractivity contribution in [2.24, 2.45) is 11.7 Å². The Hall–Kier alpha value is -1.16. The van der Waals surface area contributed by atoms with Gasteiger partial charge in [-0.2, -0.15) is 0 Å². The van der Waals surface area contributed by atoms with Crippen LogP contribution >= 0.6 is 0 Å². The summed E-state index contributed by atoms with van der Waals surface area (Å²) in [5, 5.41) is 0. The molecule has 0 amide bonds. The number of carbonyl (C=O) groups is 1. The van der Waals surface area contributed by atoms with Crippen LogP contribution in [0.4, 0.5) is 0 Å². The van der Waals surface area contributed by atoms with Crippen LogP contribution in [0.25, 0.3) is 0 Å². The van der Waals surface area contributed by atoms with Crippen molar-refractivity contribution < 1.29 is 4.79 Å². The fraction of sp³-hybridized carbons (Fsp3) is 0.636. The molecule has 0 unspecified atom stereocenters. The Morgan fingerprint density at radius 2 is 2.27 bits per heavy atom. The maximum Gasteiger partial charge on any atom is 0.234 e. The number of rotatable bonds is 3. The first-order valence-electron chi connectivity index (χ1n) is 5.58. The highest BCUT2D eigenvalue weighted by molar-refractivity contribution is 5.81. The number of nitrogens with two attached hydrogens (primary N) is 1. The van der Waals surface area contributed by atoms with E-state index in [1.807, 2.05) is 6.20 Å². The van der Waals surface area contributed by atoms with Crippen LogP contribution in [0.1, 0.15) is 36.2 Å². The molecule has 1 aliphatic rings. The van der Waals surface area contributed by atoms with Crippen LogP contribution in [0.3, 0.4) is 0 Å². The molecule has 2 N–H and O–H groups in total. The van der Waals surface area contributed by atoms with Crippen molar-refractivity contribution >= 4 is 5.91 Å². The van der Waals surface area contributed by atoms with Crippen LogP contribution in [0, 0.1) is 5.92 Å². The summed E-state index contributed by atoms with van der Waals surface area (Å²) in [7, 11) is 0. The first-order valence-corrected chi connectivity index (χ1v) is 5.58. The van der Waals surface area contributed by atoms with E-state index in [9.17, 15) is 4.79 Å². The first-order chi connectivity index (χ1) is 7.31. The fourth-order valence-electron chi connectivity index (χ4n) is 2.14. The van der Waals surface area contributed by atoms with Gasteiger partial charge >= 0.3 is 0 Å². The second-order valence-corrected chi connectivity index (χ2v) is 4.13. The van der Waals surface area contributed by atoms with Gasteiger partial charge in [-0.25, -0.2) is 4.98 Å². The standard InChI is InChI=1S/C11H17N3O/c12-6-5-10-7-14(8-13-10)11(15)9-3-1-2-4-9/h7-9H,1-6,12H2. The van der Waals surface area contributed by atoms with E-state index in [0.29, 0.717) is 6.54 Å². The van der Waals surface area contributed by atoms with Crippen molar-refractivity contribution in [1.82, 2.24) is 9.55 Å². The van der Waals surface area contributed by atoms with Crippen molar-refractivity contribution in [2.45, 2.75) is 32.1 Å². The predicted octanol–water partition coefficient (Wildman–Crippen LogP) is 1.21. The van der Waals surface area contributed by atoms with E-state index in [1.54, 1.807) is 10.9 Å². The molecule has 0 spiro atoms. The second kappa shape index (κ2) is 4.57. The van der Waals surface area contributed by atoms with Gasteiger partial charge in [0.15, 0.2) is 0 Å². The number of imidazole rings is 1. The van der Waals surface area contributed by atoms with Crippen LogP contribution in [-0.2, 0) is 6.42 Å². The van der Waals surface area contributed by atoms with Crippen LogP contribution in [-0.4, -0.2) is 22.0 Å². The Morgan fingerprint density at radius 3 is 2.93 bits per heavy atom. The number of hydrogen-bond donors (Lipinski definition) is 1. The zero-order chi connectivity index (χ0) is 10.7. The summed E-state index contributed by atoms with van der Waals surface area (Å²) in [5.41, 5.74) is 6.34. The minimum Gasteiger partial charge on any atom is -0.330 e. The van der Waals surface area contributed by atoms with Crippen molar-refractivity contribution in [1.29, 1.82) is 0 Å². The molecular formula is C11H17N3O. The average molecular weight is 207 g/mol. The Balaban J connectivity index is 2.04. The molecule has 4 nitrogen and oxygen atoms in total. The molecule has 0 saturated heterocycles. The summed E-state index contributed by atoms with van der Waals surface area (Å²) in [6, 6.07) is 0. The highest BCUT2D eigenvalue weighted by atomic mass is 16.2. The number of carbonyl (C=O) groups excluding carboxylic acids is 1. The molecule has 0 radical (unpaired) electrons. The number of aromatic nitrogens is 2. The molecule has 1 aromatic heterocycles. The minimum atomic E-state index is 0.197. The maximum atomic E-state index is 12.0. The Bertz CT molecular complexity index is 339. The zero-order valence-corrected chi connectivity index (χ0v) is 8.85. The van der Waals surface area contributed by atoms with Crippen LogP contribution in [0.2, 0.25) is 0 Å². The molecular weight excluding hydrogens is 190 g/mol. The largest absolute Gasteiger partial charge is 0.330 e. The summed E-state index contributed by atoms with van der Waals surface area (Å²) in [6.45, 7) is 0.578. The lowest BCUT2D eigenvalue weighted by Gasteiger charge is -2.06. The predicted molar refractivity (Wildman–Crippen MR) is 57.6 cm³/mol. The van der Waals surface area contributed by atoms with Gasteiger partial charge < -0.3 is 5.73 Å². The molecule has 0 bridgehead atoms. The minimum absolute atomic E-state index is 0.197. The van der Waals surface area contributed by atoms with E-state index in [0.717, 1.165) is 25.0 Å². The van der Waals surface area contributed by atoms with Gasteiger partial charge in [-0.15, -0.1) is 0 Å². The first kappa shape index (κ1) is 10.4. The van der Waals surface area contributed by atoms with Crippen LogP contribution in [0.15, 0.2) is 12.5 Å². The maximum absolute atomic E-state index is 12.0. The van der Waals surface area contributed by atoms with E-state index in [1.165, 1.54) is 12.8 Å². The Morgan fingerprint density at radius 1 is 1.53 bits per heavy atom. The third kappa shape index (κ3) is 2.26. The summed E-state index contributed by atoms with van der Waals surface area (Å²) in [5.74, 6) is 0.410. The zero-order valence-electron chi connectivity index (χ0n) is 8.85. The lowest BCUT2D eigenvalue weighted by atomic mass is 10.1. The Labute approximate surface area is 89.5 Å². The third-order valence-electron chi connectivity index (χ3n) is 3.00. The normalized spacial score (nSPS) is 17.1. The second-order valence-electron chi connectivity index (χ2n) is 4.13. The highest BCUT2D eigenvalue weighted by Crippen LogP contribution is 2.26. The fourth-order valence-corrected chi connectivity index (χ4v) is 2.14. The van der Waals surface area contributed by atoms with E-state index < -0.39 is 0 Å². The van der Waals surface area contributed by atoms with Gasteiger partial charge in [-0.3, -0.25) is 9.36 Å². The van der Waals surface area contributed by atoms with E-state index >= 15 is 0 Å².